The minimum absolute atomic E-state index is 0.0141. The number of Topliss-reactive ketones (excluding diaryl/α,β-unsaturated/α-hetero) is 1. The first-order chi connectivity index (χ1) is 59.6. The number of alkyl carbamates (subject to hydrolysis) is 1. The van der Waals surface area contributed by atoms with E-state index >= 15 is 0 Å². The second-order valence-electron chi connectivity index (χ2n) is 28.4. The van der Waals surface area contributed by atoms with E-state index in [-0.39, 0.29) is 234 Å². The molecule has 3 aliphatic rings. The quantitative estimate of drug-likeness (QED) is 0.00884. The molecule has 0 radical (unpaired) electrons. The van der Waals surface area contributed by atoms with Gasteiger partial charge in [-0.2, -0.15) is 0 Å². The van der Waals surface area contributed by atoms with Gasteiger partial charge in [0, 0.05) is 110 Å². The molecule has 0 aromatic rings. The number of carbonyl (C=O) groups excluding carboxylic acids is 9. The molecule has 17 unspecified atom stereocenters. The zero-order chi connectivity index (χ0) is 91.3. The number of aliphatic hydroxyl groups excluding tert-OH is 10. The van der Waals surface area contributed by atoms with Crippen molar-refractivity contribution in [2.75, 3.05) is 230 Å². The van der Waals surface area contributed by atoms with Crippen LogP contribution in [0.5, 0.6) is 0 Å². The molecule has 124 heavy (non-hydrogen) atoms. The molecule has 0 aliphatic carbocycles. The van der Waals surface area contributed by atoms with Gasteiger partial charge in [0.25, 0.3) is 0 Å². The number of amides is 8. The van der Waals surface area contributed by atoms with Crippen molar-refractivity contribution in [2.45, 2.75) is 183 Å². The van der Waals surface area contributed by atoms with Crippen molar-refractivity contribution in [3.63, 3.8) is 0 Å². The van der Waals surface area contributed by atoms with Gasteiger partial charge in [-0.3, -0.25) is 38.6 Å². The molecule has 17 atom stereocenters. The molecule has 0 bridgehead atoms. The lowest BCUT2D eigenvalue weighted by atomic mass is 9.87. The van der Waals surface area contributed by atoms with Gasteiger partial charge in [-0.15, -0.1) is 0 Å². The third-order valence-electron chi connectivity index (χ3n) is 18.3. The third kappa shape index (κ3) is 49.2. The van der Waals surface area contributed by atoms with Crippen molar-refractivity contribution in [3.05, 3.63) is 0 Å². The minimum atomic E-state index is -1.56. The summed E-state index contributed by atoms with van der Waals surface area (Å²) in [6, 6.07) is -2.24. The number of aliphatic hydroxyl groups is 10. The van der Waals surface area contributed by atoms with Crippen molar-refractivity contribution in [3.8, 4) is 0 Å². The van der Waals surface area contributed by atoms with E-state index in [0.717, 1.165) is 0 Å². The number of hydrogen-bond acceptors (Lipinski definition) is 40. The normalized spacial score (nSPS) is 23.7. The first-order valence-corrected chi connectivity index (χ1v) is 43.7. The average molecular weight is 1830 g/mol. The molecule has 3 heterocycles. The number of hydrogen-bond donors (Lipinski definition) is 19. The molecule has 47 nitrogen and oxygen atoms in total. The lowest BCUT2D eigenvalue weighted by Gasteiger charge is -2.42. The van der Waals surface area contributed by atoms with E-state index in [4.69, 9.17) is 91.0 Å². The molecule has 3 saturated heterocycles. The zero-order valence-corrected chi connectivity index (χ0v) is 73.0. The lowest BCUT2D eigenvalue weighted by Crippen LogP contribution is -2.64. The highest BCUT2D eigenvalue weighted by Gasteiger charge is 2.48. The van der Waals surface area contributed by atoms with Crippen LogP contribution in [0.1, 0.15) is 79.1 Å². The number of nitrogens with two attached hydrogens (primary N) is 1. The maximum absolute atomic E-state index is 14.0. The van der Waals surface area contributed by atoms with Crippen molar-refractivity contribution in [1.82, 2.24) is 42.5 Å². The summed E-state index contributed by atoms with van der Waals surface area (Å²) in [5.74, 6) is -3.05. The largest absolute Gasteiger partial charge is 0.444 e. The summed E-state index contributed by atoms with van der Waals surface area (Å²) in [6.07, 6.45) is -16.7. The Morgan fingerprint density at radius 3 is 1.27 bits per heavy atom. The van der Waals surface area contributed by atoms with E-state index in [0.29, 0.717) is 30.8 Å². The number of aliphatic imine (C=N–C) groups is 1. The van der Waals surface area contributed by atoms with Gasteiger partial charge in [0.2, 0.25) is 41.4 Å². The van der Waals surface area contributed by atoms with E-state index in [9.17, 15) is 94.2 Å². The van der Waals surface area contributed by atoms with Crippen LogP contribution < -0.4 is 48.3 Å². The molecule has 0 aromatic heterocycles. The molecular formula is C75H136N10O37S2. The standard InChI is InChI=1S/C75H136N10O37S2/c1-6-51(40-86)119-62(105-5)44-118-74(104)81-14-13-77-60(96)12-37-124-123-36-7-8-56(76)82-39-61(97)85-75(45-112-18-9-57(93)78-15-21-106-24-27-109-30-33-115-71-52(38-48(2)90)65(98)66(99)53(41-87)120-71,46-113-19-10-58(94)79-16-22-107-25-28-110-31-34-116-72-63(83-49(3)91)69(102)67(100)54(42-88)121-72)47-114-20-11-59(95)80-17-23-108-26-29-111-32-35-117-73-64(84-50(4)92)70(103)68(101)55(43-89)122-73/h51-55,62-73,86-89,98-103H,6-47H2,1-5H3,(H2,76,82)(H,77,96)(H,78,93)(H,79,94)(H,80,95)(H,81,104)(H,83,91)(H,84,92)(H,85,97). The monoisotopic (exact) mass is 1830 g/mol. The lowest BCUT2D eigenvalue weighted by molar-refractivity contribution is -0.287. The summed E-state index contributed by atoms with van der Waals surface area (Å²) in [6.45, 7) is 2.88. The van der Waals surface area contributed by atoms with Gasteiger partial charge in [-0.1, -0.05) is 28.5 Å². The molecule has 0 spiro atoms. The smallest absolute Gasteiger partial charge is 0.407 e. The Bertz CT molecular complexity index is 2760. The Labute approximate surface area is 728 Å². The number of nitrogens with one attached hydrogen (secondary N) is 8. The summed E-state index contributed by atoms with van der Waals surface area (Å²) >= 11 is 0. The van der Waals surface area contributed by atoms with Gasteiger partial charge in [-0.25, -0.2) is 4.79 Å². The Hall–Kier alpha value is -5.68. The van der Waals surface area contributed by atoms with E-state index in [1.54, 1.807) is 0 Å². The highest BCUT2D eigenvalue weighted by Crippen LogP contribution is 2.31. The van der Waals surface area contributed by atoms with Crippen LogP contribution in [0.3, 0.4) is 0 Å². The number of ether oxygens (including phenoxy) is 18. The number of ketones is 1. The van der Waals surface area contributed by atoms with E-state index in [1.807, 2.05) is 6.92 Å². The first kappa shape index (κ1) is 112. The number of amidine groups is 1. The molecule has 49 heteroatoms. The summed E-state index contributed by atoms with van der Waals surface area (Å²) < 4.78 is 101. The number of carbonyl (C=O) groups is 9. The highest BCUT2D eigenvalue weighted by atomic mass is 33.1. The molecule has 3 fully saturated rings. The average Bonchev–Trinajstić information content (AvgIpc) is 0.817. The van der Waals surface area contributed by atoms with Crippen molar-refractivity contribution >= 4 is 80.7 Å². The SMILES string of the molecule is CCC(CO)OC(COC(=O)NCCNC(=O)CCSSCCCC(N)=NCC(=O)NC(COCCC(=O)NCCOCCOCCOC1OC(CO)C(O)C(O)C1CC(C)=O)(COCCC(=O)NCCOCCOCCOC1OC(CO)C(O)C(O)C1NC(C)=O)COCCC(=O)NCCOCCOCCOC1OC(CO)C(O)C(O)C1NC(C)=O)OC. The number of methoxy groups -OCH3 is 1. The maximum Gasteiger partial charge on any atom is 0.407 e. The van der Waals surface area contributed by atoms with Gasteiger partial charge in [0.05, 0.1) is 183 Å². The number of rotatable bonds is 73. The van der Waals surface area contributed by atoms with Gasteiger partial charge < -0.3 is 189 Å². The molecule has 0 aromatic carbocycles. The van der Waals surface area contributed by atoms with Gasteiger partial charge in [-0.05, 0) is 19.8 Å². The van der Waals surface area contributed by atoms with E-state index in [1.165, 1.54) is 49.5 Å². The topological polar surface area (TPSA) is 657 Å². The van der Waals surface area contributed by atoms with Crippen LogP contribution >= 0.6 is 21.6 Å². The van der Waals surface area contributed by atoms with Crippen LogP contribution in [-0.4, -0.2) is 444 Å². The maximum atomic E-state index is 14.0. The fraction of sp³-hybridized carbons (Fsp3) is 0.867. The van der Waals surface area contributed by atoms with Crippen LogP contribution in [0.4, 0.5) is 4.79 Å². The minimum Gasteiger partial charge on any atom is -0.444 e. The van der Waals surface area contributed by atoms with E-state index < -0.39 is 178 Å². The molecule has 720 valence electrons. The molecular weight excluding hydrogens is 1700 g/mol. The van der Waals surface area contributed by atoms with Crippen LogP contribution in [-0.2, 0) is 124 Å². The molecule has 8 amide bonds. The summed E-state index contributed by atoms with van der Waals surface area (Å²) in [5, 5.41) is 122. The fourth-order valence-electron chi connectivity index (χ4n) is 11.7. The van der Waals surface area contributed by atoms with Crippen LogP contribution in [0.25, 0.3) is 0 Å². The Balaban J connectivity index is 1.60. The second-order valence-corrected chi connectivity index (χ2v) is 31.1. The van der Waals surface area contributed by atoms with Crippen molar-refractivity contribution in [2.24, 2.45) is 16.6 Å². The Kier molecular flexibility index (Phi) is 62.1. The molecule has 0 saturated carbocycles. The second kappa shape index (κ2) is 68.4. The zero-order valence-electron chi connectivity index (χ0n) is 71.3. The fourth-order valence-corrected chi connectivity index (χ4v) is 13.8. The van der Waals surface area contributed by atoms with Gasteiger partial charge >= 0.3 is 6.09 Å². The van der Waals surface area contributed by atoms with E-state index in [2.05, 4.69) is 47.5 Å². The predicted molar refractivity (Wildman–Crippen MR) is 437 cm³/mol. The summed E-state index contributed by atoms with van der Waals surface area (Å²) in [7, 11) is 4.35. The van der Waals surface area contributed by atoms with Crippen molar-refractivity contribution in [1.29, 1.82) is 0 Å². The van der Waals surface area contributed by atoms with Gasteiger partial charge in [0.15, 0.2) is 25.2 Å². The Morgan fingerprint density at radius 1 is 0.460 bits per heavy atom. The Morgan fingerprint density at radius 2 is 0.855 bits per heavy atom. The summed E-state index contributed by atoms with van der Waals surface area (Å²) in [4.78, 5) is 117. The number of nitrogens with zero attached hydrogens (tertiary/aromatic N) is 1. The van der Waals surface area contributed by atoms with Crippen molar-refractivity contribution < 1.29 is 179 Å². The van der Waals surface area contributed by atoms with Crippen LogP contribution in [0, 0.1) is 5.92 Å². The highest BCUT2D eigenvalue weighted by molar-refractivity contribution is 8.76. The first-order valence-electron chi connectivity index (χ1n) is 41.2. The summed E-state index contributed by atoms with van der Waals surface area (Å²) in [5.41, 5.74) is 4.74. The molecule has 3 aliphatic heterocycles. The molecule has 20 N–H and O–H groups in total. The predicted octanol–water partition coefficient (Wildman–Crippen LogP) is -8.01. The van der Waals surface area contributed by atoms with Gasteiger partial charge in [0.1, 0.15) is 85.4 Å². The third-order valence-corrected chi connectivity index (χ3v) is 20.8. The molecule has 3 rings (SSSR count). The van der Waals surface area contributed by atoms with Crippen LogP contribution in [0.15, 0.2) is 4.99 Å². The van der Waals surface area contributed by atoms with Crippen LogP contribution in [0.2, 0.25) is 0 Å².